The van der Waals surface area contributed by atoms with Crippen molar-refractivity contribution >= 4 is 16.7 Å². The average Bonchev–Trinajstić information content (AvgIpc) is 3.03. The molecule has 0 aliphatic carbocycles. The Balaban J connectivity index is 1.66. The third kappa shape index (κ3) is 2.29. The van der Waals surface area contributed by atoms with Crippen molar-refractivity contribution in [3.05, 3.63) is 58.0 Å². The van der Waals surface area contributed by atoms with Gasteiger partial charge in [-0.05, 0) is 17.5 Å². The van der Waals surface area contributed by atoms with Gasteiger partial charge in [-0.1, -0.05) is 25.1 Å². The SMILES string of the molecule is CCc1nnc2n1CCN(C(=O)c1cc3ccccc3c(=O)[nH]1)C2. The van der Waals surface area contributed by atoms with Gasteiger partial charge < -0.3 is 14.5 Å². The quantitative estimate of drug-likeness (QED) is 0.771. The van der Waals surface area contributed by atoms with Crippen LogP contribution >= 0.6 is 0 Å². The Morgan fingerprint density at radius 1 is 1.25 bits per heavy atom. The number of nitrogens with zero attached hydrogens (tertiary/aromatic N) is 4. The summed E-state index contributed by atoms with van der Waals surface area (Å²) in [5, 5.41) is 9.67. The molecule has 0 radical (unpaired) electrons. The molecule has 0 saturated heterocycles. The zero-order valence-electron chi connectivity index (χ0n) is 13.3. The van der Waals surface area contributed by atoms with Gasteiger partial charge in [-0.25, -0.2) is 0 Å². The fourth-order valence-electron chi connectivity index (χ4n) is 3.15. The van der Waals surface area contributed by atoms with E-state index in [1.54, 1.807) is 17.0 Å². The molecule has 1 amide bonds. The van der Waals surface area contributed by atoms with Gasteiger partial charge in [0, 0.05) is 24.9 Å². The van der Waals surface area contributed by atoms with Gasteiger partial charge in [0.2, 0.25) is 0 Å². The molecule has 0 bridgehead atoms. The first-order valence-corrected chi connectivity index (χ1v) is 7.99. The number of nitrogens with one attached hydrogen (secondary N) is 1. The van der Waals surface area contributed by atoms with Gasteiger partial charge in [0.15, 0.2) is 5.82 Å². The molecule has 4 rings (SSSR count). The van der Waals surface area contributed by atoms with Crippen molar-refractivity contribution in [3.63, 3.8) is 0 Å². The van der Waals surface area contributed by atoms with Crippen molar-refractivity contribution in [1.29, 1.82) is 0 Å². The summed E-state index contributed by atoms with van der Waals surface area (Å²) in [4.78, 5) is 29.4. The van der Waals surface area contributed by atoms with Crippen LogP contribution in [0.3, 0.4) is 0 Å². The predicted molar refractivity (Wildman–Crippen MR) is 88.7 cm³/mol. The lowest BCUT2D eigenvalue weighted by atomic mass is 10.1. The maximum absolute atomic E-state index is 12.8. The number of carbonyl (C=O) groups is 1. The molecule has 0 saturated carbocycles. The second kappa shape index (κ2) is 5.59. The van der Waals surface area contributed by atoms with Crippen LogP contribution in [0.15, 0.2) is 35.1 Å². The lowest BCUT2D eigenvalue weighted by molar-refractivity contribution is 0.0700. The largest absolute Gasteiger partial charge is 0.328 e. The Morgan fingerprint density at radius 2 is 2.08 bits per heavy atom. The molecule has 0 fully saturated rings. The summed E-state index contributed by atoms with van der Waals surface area (Å²) in [6.07, 6.45) is 0.818. The molecule has 0 atom stereocenters. The van der Waals surface area contributed by atoms with Gasteiger partial charge in [-0.2, -0.15) is 0 Å². The van der Waals surface area contributed by atoms with Gasteiger partial charge in [0.1, 0.15) is 11.5 Å². The fourth-order valence-corrected chi connectivity index (χ4v) is 3.15. The second-order valence-corrected chi connectivity index (χ2v) is 5.86. The van der Waals surface area contributed by atoms with E-state index in [9.17, 15) is 9.59 Å². The van der Waals surface area contributed by atoms with E-state index in [2.05, 4.69) is 19.7 Å². The maximum atomic E-state index is 12.8. The number of hydrogen-bond acceptors (Lipinski definition) is 4. The van der Waals surface area contributed by atoms with Crippen LogP contribution in [-0.2, 0) is 19.5 Å². The number of fused-ring (bicyclic) bond motifs is 2. The molecule has 3 aromatic rings. The number of aromatic amines is 1. The average molecular weight is 323 g/mol. The Bertz CT molecular complexity index is 988. The first kappa shape index (κ1) is 14.6. The molecule has 3 heterocycles. The lowest BCUT2D eigenvalue weighted by Crippen LogP contribution is -2.39. The maximum Gasteiger partial charge on any atom is 0.270 e. The van der Waals surface area contributed by atoms with Gasteiger partial charge in [-0.3, -0.25) is 9.59 Å². The van der Waals surface area contributed by atoms with Crippen LogP contribution in [-0.4, -0.2) is 37.1 Å². The number of aromatic nitrogens is 4. The Labute approximate surface area is 137 Å². The third-order valence-electron chi connectivity index (χ3n) is 4.42. The third-order valence-corrected chi connectivity index (χ3v) is 4.42. The highest BCUT2D eigenvalue weighted by atomic mass is 16.2. The number of rotatable bonds is 2. The van der Waals surface area contributed by atoms with Crippen molar-refractivity contribution in [2.45, 2.75) is 26.4 Å². The number of aryl methyl sites for hydroxylation is 1. The monoisotopic (exact) mass is 323 g/mol. The van der Waals surface area contributed by atoms with E-state index in [0.717, 1.165) is 23.5 Å². The van der Waals surface area contributed by atoms with Gasteiger partial charge >= 0.3 is 0 Å². The first-order valence-electron chi connectivity index (χ1n) is 7.99. The zero-order valence-corrected chi connectivity index (χ0v) is 13.3. The smallest absolute Gasteiger partial charge is 0.270 e. The molecule has 0 spiro atoms. The molecular weight excluding hydrogens is 306 g/mol. The highest BCUT2D eigenvalue weighted by Gasteiger charge is 2.25. The molecule has 122 valence electrons. The number of pyridine rings is 1. The van der Waals surface area contributed by atoms with Crippen molar-refractivity contribution in [1.82, 2.24) is 24.6 Å². The zero-order chi connectivity index (χ0) is 16.7. The van der Waals surface area contributed by atoms with Crippen molar-refractivity contribution in [2.24, 2.45) is 0 Å². The van der Waals surface area contributed by atoms with Crippen LogP contribution in [0.5, 0.6) is 0 Å². The standard InChI is InChI=1S/C17H17N5O2/c1-2-14-19-20-15-10-21(7-8-22(14)15)17(24)13-9-11-5-3-4-6-12(11)16(23)18-13/h3-6,9H,2,7-8,10H2,1H3,(H,18,23). The number of carbonyl (C=O) groups excluding carboxylic acids is 1. The lowest BCUT2D eigenvalue weighted by Gasteiger charge is -2.27. The van der Waals surface area contributed by atoms with E-state index < -0.39 is 0 Å². The second-order valence-electron chi connectivity index (χ2n) is 5.86. The van der Waals surface area contributed by atoms with Crippen LogP contribution in [0.2, 0.25) is 0 Å². The summed E-state index contributed by atoms with van der Waals surface area (Å²) in [6, 6.07) is 8.98. The summed E-state index contributed by atoms with van der Waals surface area (Å²) < 4.78 is 2.06. The molecule has 1 aliphatic rings. The molecule has 0 unspecified atom stereocenters. The van der Waals surface area contributed by atoms with E-state index in [0.29, 0.717) is 30.7 Å². The van der Waals surface area contributed by atoms with E-state index in [4.69, 9.17) is 0 Å². The normalized spacial score (nSPS) is 14.0. The van der Waals surface area contributed by atoms with Crippen molar-refractivity contribution in [2.75, 3.05) is 6.54 Å². The summed E-state index contributed by atoms with van der Waals surface area (Å²) in [6.45, 7) is 3.69. The van der Waals surface area contributed by atoms with Gasteiger partial charge in [0.25, 0.3) is 11.5 Å². The topological polar surface area (TPSA) is 83.9 Å². The summed E-state index contributed by atoms with van der Waals surface area (Å²) in [5.41, 5.74) is 0.0623. The van der Waals surface area contributed by atoms with Crippen LogP contribution < -0.4 is 5.56 Å². The fraction of sp³-hybridized carbons (Fsp3) is 0.294. The summed E-state index contributed by atoms with van der Waals surface area (Å²) in [5.74, 6) is 1.54. The summed E-state index contributed by atoms with van der Waals surface area (Å²) in [7, 11) is 0. The molecule has 1 N–H and O–H groups in total. The molecule has 1 aliphatic heterocycles. The number of H-pyrrole nitrogens is 1. The predicted octanol–water partition coefficient (Wildman–Crippen LogP) is 1.34. The molecule has 24 heavy (non-hydrogen) atoms. The minimum Gasteiger partial charge on any atom is -0.328 e. The van der Waals surface area contributed by atoms with Crippen molar-refractivity contribution in [3.8, 4) is 0 Å². The molecule has 2 aromatic heterocycles. The van der Waals surface area contributed by atoms with Gasteiger partial charge in [-0.15, -0.1) is 10.2 Å². The number of hydrogen-bond donors (Lipinski definition) is 1. The van der Waals surface area contributed by atoms with Crippen LogP contribution in [0.1, 0.15) is 29.1 Å². The van der Waals surface area contributed by atoms with Crippen molar-refractivity contribution < 1.29 is 4.79 Å². The van der Waals surface area contributed by atoms with Crippen LogP contribution in [0.4, 0.5) is 0 Å². The Hall–Kier alpha value is -2.96. The Morgan fingerprint density at radius 3 is 2.92 bits per heavy atom. The summed E-state index contributed by atoms with van der Waals surface area (Å²) >= 11 is 0. The van der Waals surface area contributed by atoms with Crippen LogP contribution in [0.25, 0.3) is 10.8 Å². The highest BCUT2D eigenvalue weighted by Crippen LogP contribution is 2.16. The van der Waals surface area contributed by atoms with Crippen LogP contribution in [0, 0.1) is 0 Å². The van der Waals surface area contributed by atoms with E-state index in [1.165, 1.54) is 0 Å². The first-order chi connectivity index (χ1) is 11.7. The molecule has 7 heteroatoms. The molecule has 7 nitrogen and oxygen atoms in total. The molecular formula is C17H17N5O2. The Kier molecular flexibility index (Phi) is 3.41. The minimum atomic E-state index is -0.245. The van der Waals surface area contributed by atoms with E-state index in [-0.39, 0.29) is 11.5 Å². The number of amides is 1. The van der Waals surface area contributed by atoms with E-state index >= 15 is 0 Å². The minimum absolute atomic E-state index is 0.190. The van der Waals surface area contributed by atoms with E-state index in [1.807, 2.05) is 25.1 Å². The molecule has 1 aromatic carbocycles. The number of benzene rings is 1. The highest BCUT2D eigenvalue weighted by molar-refractivity contribution is 5.96. The van der Waals surface area contributed by atoms with Gasteiger partial charge in [0.05, 0.1) is 6.54 Å².